The molecule has 0 aromatic rings. The van der Waals surface area contributed by atoms with Gasteiger partial charge in [0.25, 0.3) is 0 Å². The highest BCUT2D eigenvalue weighted by Gasteiger charge is 2.21. The van der Waals surface area contributed by atoms with Gasteiger partial charge in [-0.05, 0) is 57.8 Å². The Kier molecular flexibility index (Phi) is 5.75. The molecular formula is C14H28N2O. The number of methoxy groups -OCH3 is 1. The van der Waals surface area contributed by atoms with Gasteiger partial charge in [0.2, 0.25) is 0 Å². The number of likely N-dealkylation sites (tertiary alicyclic amines) is 2. The normalized spacial score (nSPS) is 25.2. The molecule has 100 valence electrons. The molecule has 2 heterocycles. The van der Waals surface area contributed by atoms with Crippen molar-refractivity contribution >= 4 is 0 Å². The van der Waals surface area contributed by atoms with Crippen molar-refractivity contribution in [2.24, 2.45) is 5.92 Å². The van der Waals surface area contributed by atoms with Crippen LogP contribution in [0.3, 0.4) is 0 Å². The molecule has 2 aliphatic heterocycles. The fraction of sp³-hybridized carbons (Fsp3) is 1.00. The lowest BCUT2D eigenvalue weighted by atomic mass is 9.95. The third-order valence-electron chi connectivity index (χ3n) is 4.28. The van der Waals surface area contributed by atoms with Crippen molar-refractivity contribution in [2.45, 2.75) is 32.1 Å². The maximum absolute atomic E-state index is 5.14. The van der Waals surface area contributed by atoms with Gasteiger partial charge in [-0.2, -0.15) is 0 Å². The summed E-state index contributed by atoms with van der Waals surface area (Å²) in [6, 6.07) is 0. The molecule has 0 spiro atoms. The van der Waals surface area contributed by atoms with Crippen molar-refractivity contribution in [1.82, 2.24) is 9.80 Å². The van der Waals surface area contributed by atoms with E-state index < -0.39 is 0 Å². The monoisotopic (exact) mass is 240 g/mol. The molecule has 3 nitrogen and oxygen atoms in total. The summed E-state index contributed by atoms with van der Waals surface area (Å²) in [5.74, 6) is 0.951. The summed E-state index contributed by atoms with van der Waals surface area (Å²) >= 11 is 0. The van der Waals surface area contributed by atoms with Gasteiger partial charge in [-0.15, -0.1) is 0 Å². The van der Waals surface area contributed by atoms with Gasteiger partial charge >= 0.3 is 0 Å². The second-order valence-electron chi connectivity index (χ2n) is 5.64. The summed E-state index contributed by atoms with van der Waals surface area (Å²) in [7, 11) is 1.79. The van der Waals surface area contributed by atoms with E-state index in [1.807, 2.05) is 0 Å². The Hall–Kier alpha value is -0.120. The van der Waals surface area contributed by atoms with Crippen molar-refractivity contribution < 1.29 is 4.74 Å². The Bertz CT molecular complexity index is 196. The Balaban J connectivity index is 1.61. The standard InChI is InChI=1S/C14H28N2O/c1-17-12-11-15-9-5-14(6-10-15)13-16-7-3-2-4-8-16/h14H,2-13H2,1H3. The minimum Gasteiger partial charge on any atom is -0.383 e. The highest BCUT2D eigenvalue weighted by Crippen LogP contribution is 2.20. The molecule has 2 fully saturated rings. The summed E-state index contributed by atoms with van der Waals surface area (Å²) in [4.78, 5) is 5.25. The molecule has 0 atom stereocenters. The molecule has 2 rings (SSSR count). The number of hydrogen-bond acceptors (Lipinski definition) is 3. The van der Waals surface area contributed by atoms with E-state index in [-0.39, 0.29) is 0 Å². The van der Waals surface area contributed by atoms with E-state index in [1.165, 1.54) is 64.8 Å². The lowest BCUT2D eigenvalue weighted by Gasteiger charge is -2.36. The topological polar surface area (TPSA) is 15.7 Å². The first-order valence-electron chi connectivity index (χ1n) is 7.32. The maximum Gasteiger partial charge on any atom is 0.0589 e. The van der Waals surface area contributed by atoms with Crippen LogP contribution in [0, 0.1) is 5.92 Å². The minimum atomic E-state index is 0.886. The van der Waals surface area contributed by atoms with Crippen LogP contribution in [0.25, 0.3) is 0 Å². The molecule has 0 saturated carbocycles. The molecule has 0 radical (unpaired) electrons. The van der Waals surface area contributed by atoms with Crippen molar-refractivity contribution in [3.63, 3.8) is 0 Å². The molecule has 17 heavy (non-hydrogen) atoms. The number of nitrogens with zero attached hydrogens (tertiary/aromatic N) is 2. The van der Waals surface area contributed by atoms with Crippen LogP contribution < -0.4 is 0 Å². The van der Waals surface area contributed by atoms with E-state index in [9.17, 15) is 0 Å². The molecule has 2 aliphatic rings. The number of piperidine rings is 2. The van der Waals surface area contributed by atoms with Crippen molar-refractivity contribution in [1.29, 1.82) is 0 Å². The van der Waals surface area contributed by atoms with Gasteiger partial charge in [-0.1, -0.05) is 6.42 Å². The predicted molar refractivity (Wildman–Crippen MR) is 71.3 cm³/mol. The number of rotatable bonds is 5. The number of ether oxygens (including phenoxy) is 1. The van der Waals surface area contributed by atoms with Gasteiger partial charge in [0.15, 0.2) is 0 Å². The van der Waals surface area contributed by atoms with E-state index >= 15 is 0 Å². The van der Waals surface area contributed by atoms with Gasteiger partial charge in [0.1, 0.15) is 0 Å². The van der Waals surface area contributed by atoms with Crippen molar-refractivity contribution in [2.75, 3.05) is 53.0 Å². The molecule has 0 aromatic heterocycles. The largest absolute Gasteiger partial charge is 0.383 e. The summed E-state index contributed by atoms with van der Waals surface area (Å²) in [6.07, 6.45) is 7.08. The van der Waals surface area contributed by atoms with Crippen LogP contribution in [0.15, 0.2) is 0 Å². The molecule has 0 amide bonds. The van der Waals surface area contributed by atoms with E-state index in [0.29, 0.717) is 0 Å². The number of hydrogen-bond donors (Lipinski definition) is 0. The Morgan fingerprint density at radius 3 is 2.29 bits per heavy atom. The second-order valence-corrected chi connectivity index (χ2v) is 5.64. The average Bonchev–Trinajstić information content (AvgIpc) is 2.39. The first kappa shape index (κ1) is 13.3. The van der Waals surface area contributed by atoms with Crippen LogP contribution in [-0.4, -0.2) is 62.8 Å². The van der Waals surface area contributed by atoms with E-state index in [2.05, 4.69) is 9.80 Å². The fourth-order valence-electron chi connectivity index (χ4n) is 3.12. The molecule has 0 aromatic carbocycles. The zero-order chi connectivity index (χ0) is 11.9. The third-order valence-corrected chi connectivity index (χ3v) is 4.28. The summed E-state index contributed by atoms with van der Waals surface area (Å²) in [5.41, 5.74) is 0. The van der Waals surface area contributed by atoms with Crippen LogP contribution in [0.2, 0.25) is 0 Å². The van der Waals surface area contributed by atoms with Gasteiger partial charge in [0.05, 0.1) is 6.61 Å². The SMILES string of the molecule is COCCN1CCC(CN2CCCCC2)CC1. The van der Waals surface area contributed by atoms with Crippen molar-refractivity contribution in [3.05, 3.63) is 0 Å². The van der Waals surface area contributed by atoms with Gasteiger partial charge in [0, 0.05) is 20.2 Å². The molecule has 3 heteroatoms. The predicted octanol–water partition coefficient (Wildman–Crippen LogP) is 1.83. The van der Waals surface area contributed by atoms with Gasteiger partial charge < -0.3 is 14.5 Å². The zero-order valence-corrected chi connectivity index (χ0v) is 11.4. The van der Waals surface area contributed by atoms with Gasteiger partial charge in [-0.25, -0.2) is 0 Å². The van der Waals surface area contributed by atoms with Crippen LogP contribution in [0.4, 0.5) is 0 Å². The lowest BCUT2D eigenvalue weighted by Crippen LogP contribution is -2.41. The third kappa shape index (κ3) is 4.57. The summed E-state index contributed by atoms with van der Waals surface area (Å²) in [6.45, 7) is 8.62. The fourth-order valence-corrected chi connectivity index (χ4v) is 3.12. The first-order valence-corrected chi connectivity index (χ1v) is 7.32. The van der Waals surface area contributed by atoms with Crippen LogP contribution in [0.5, 0.6) is 0 Å². The zero-order valence-electron chi connectivity index (χ0n) is 11.4. The van der Waals surface area contributed by atoms with Crippen molar-refractivity contribution in [3.8, 4) is 0 Å². The lowest BCUT2D eigenvalue weighted by molar-refractivity contribution is 0.102. The highest BCUT2D eigenvalue weighted by molar-refractivity contribution is 4.76. The van der Waals surface area contributed by atoms with Crippen LogP contribution >= 0.6 is 0 Å². The minimum absolute atomic E-state index is 0.886. The van der Waals surface area contributed by atoms with Gasteiger partial charge in [-0.3, -0.25) is 0 Å². The Morgan fingerprint density at radius 2 is 1.65 bits per heavy atom. The Morgan fingerprint density at radius 1 is 0.941 bits per heavy atom. The molecule has 0 bridgehead atoms. The molecule has 2 saturated heterocycles. The van der Waals surface area contributed by atoms with E-state index in [4.69, 9.17) is 4.74 Å². The first-order chi connectivity index (χ1) is 8.38. The Labute approximate surface area is 106 Å². The average molecular weight is 240 g/mol. The molecule has 0 aliphatic carbocycles. The van der Waals surface area contributed by atoms with E-state index in [0.717, 1.165) is 19.1 Å². The summed E-state index contributed by atoms with van der Waals surface area (Å²) in [5, 5.41) is 0. The highest BCUT2D eigenvalue weighted by atomic mass is 16.5. The molecular weight excluding hydrogens is 212 g/mol. The summed E-state index contributed by atoms with van der Waals surface area (Å²) < 4.78 is 5.14. The molecule has 0 unspecified atom stereocenters. The second kappa shape index (κ2) is 7.34. The molecule has 0 N–H and O–H groups in total. The quantitative estimate of drug-likeness (QED) is 0.729. The van der Waals surface area contributed by atoms with Crippen LogP contribution in [0.1, 0.15) is 32.1 Å². The smallest absolute Gasteiger partial charge is 0.0589 e. The maximum atomic E-state index is 5.14. The van der Waals surface area contributed by atoms with Crippen LogP contribution in [-0.2, 0) is 4.74 Å². The van der Waals surface area contributed by atoms with E-state index in [1.54, 1.807) is 7.11 Å².